The summed E-state index contributed by atoms with van der Waals surface area (Å²) >= 11 is 0. The fraction of sp³-hybridized carbons (Fsp3) is 0.722. The quantitative estimate of drug-likeness (QED) is 0.781. The van der Waals surface area contributed by atoms with Crippen LogP contribution in [0.25, 0.3) is 0 Å². The molecule has 1 unspecified atom stereocenters. The number of carbonyl (C=O) groups is 1. The summed E-state index contributed by atoms with van der Waals surface area (Å²) in [5.41, 5.74) is 3.87. The van der Waals surface area contributed by atoms with Crippen molar-refractivity contribution in [3.8, 4) is 0 Å². The Labute approximate surface area is 166 Å². The number of hydrogen-bond donors (Lipinski definition) is 1. The maximum atomic E-state index is 13.1. The molecule has 0 aliphatic carbocycles. The minimum atomic E-state index is -4.59. The molecule has 1 aromatic heterocycles. The number of halogens is 3. The van der Waals surface area contributed by atoms with Gasteiger partial charge < -0.3 is 20.3 Å². The number of likely N-dealkylation sites (tertiary alicyclic amines) is 1. The van der Waals surface area contributed by atoms with Crippen LogP contribution >= 0.6 is 0 Å². The highest BCUT2D eigenvalue weighted by Gasteiger charge is 2.51. The third kappa shape index (κ3) is 4.11. The lowest BCUT2D eigenvalue weighted by Gasteiger charge is -2.29. The first-order chi connectivity index (χ1) is 13.8. The summed E-state index contributed by atoms with van der Waals surface area (Å²) in [6.07, 6.45) is -3.29. The summed E-state index contributed by atoms with van der Waals surface area (Å²) in [5, 5.41) is 0. The number of rotatable bonds is 4. The van der Waals surface area contributed by atoms with Gasteiger partial charge >= 0.3 is 6.18 Å². The Morgan fingerprint density at radius 1 is 1.10 bits per heavy atom. The van der Waals surface area contributed by atoms with E-state index >= 15 is 0 Å². The number of aromatic nitrogens is 2. The Morgan fingerprint density at radius 2 is 1.83 bits per heavy atom. The van der Waals surface area contributed by atoms with Crippen molar-refractivity contribution in [2.24, 2.45) is 5.41 Å². The van der Waals surface area contributed by atoms with Crippen molar-refractivity contribution >= 4 is 17.7 Å². The van der Waals surface area contributed by atoms with Gasteiger partial charge in [0, 0.05) is 51.9 Å². The summed E-state index contributed by atoms with van der Waals surface area (Å²) in [6.45, 7) is 6.16. The minimum absolute atomic E-state index is 0.0892. The van der Waals surface area contributed by atoms with Crippen LogP contribution in [0, 0.1) is 5.41 Å². The third-order valence-corrected chi connectivity index (χ3v) is 6.09. The van der Waals surface area contributed by atoms with Crippen LogP contribution in [0.1, 0.15) is 18.5 Å². The Kier molecular flexibility index (Phi) is 5.28. The lowest BCUT2D eigenvalue weighted by Crippen LogP contribution is -2.43. The average molecular weight is 414 g/mol. The Balaban J connectivity index is 1.41. The van der Waals surface area contributed by atoms with Crippen molar-refractivity contribution < 1.29 is 22.7 Å². The maximum absolute atomic E-state index is 13.1. The fourth-order valence-corrected chi connectivity index (χ4v) is 4.40. The van der Waals surface area contributed by atoms with Crippen molar-refractivity contribution in [2.45, 2.75) is 19.0 Å². The van der Waals surface area contributed by atoms with E-state index in [0.717, 1.165) is 38.9 Å². The number of morpholine rings is 1. The van der Waals surface area contributed by atoms with E-state index in [9.17, 15) is 18.0 Å². The SMILES string of the molecule is Nc1nc(N2CCC3(CCN(CCN4CCOCC4)C3=O)C2)cc(C(F)(F)F)n1. The molecule has 4 heterocycles. The molecular formula is C18H25F3N6O2. The van der Waals surface area contributed by atoms with Crippen LogP contribution in [-0.2, 0) is 15.7 Å². The monoisotopic (exact) mass is 414 g/mol. The molecule has 1 spiro atoms. The third-order valence-electron chi connectivity index (χ3n) is 6.09. The second-order valence-electron chi connectivity index (χ2n) is 7.92. The van der Waals surface area contributed by atoms with E-state index in [1.807, 2.05) is 4.90 Å². The van der Waals surface area contributed by atoms with E-state index in [2.05, 4.69) is 14.9 Å². The van der Waals surface area contributed by atoms with Crippen LogP contribution in [0.4, 0.5) is 24.9 Å². The zero-order chi connectivity index (χ0) is 20.6. The molecule has 4 rings (SSSR count). The molecule has 11 heteroatoms. The van der Waals surface area contributed by atoms with Crippen LogP contribution in [0.15, 0.2) is 6.07 Å². The summed E-state index contributed by atoms with van der Waals surface area (Å²) in [7, 11) is 0. The summed E-state index contributed by atoms with van der Waals surface area (Å²) < 4.78 is 44.5. The van der Waals surface area contributed by atoms with Crippen molar-refractivity contribution in [1.82, 2.24) is 19.8 Å². The van der Waals surface area contributed by atoms with Gasteiger partial charge in [-0.15, -0.1) is 0 Å². The number of nitrogen functional groups attached to an aromatic ring is 1. The first kappa shape index (κ1) is 20.1. The molecular weight excluding hydrogens is 389 g/mol. The Morgan fingerprint density at radius 3 is 2.55 bits per heavy atom. The molecule has 0 bridgehead atoms. The van der Waals surface area contributed by atoms with Crippen molar-refractivity contribution in [3.05, 3.63) is 11.8 Å². The number of alkyl halides is 3. The average Bonchev–Trinajstić information content (AvgIpc) is 3.25. The van der Waals surface area contributed by atoms with Gasteiger partial charge in [-0.05, 0) is 12.8 Å². The van der Waals surface area contributed by atoms with Gasteiger partial charge in [-0.2, -0.15) is 18.2 Å². The highest BCUT2D eigenvalue weighted by molar-refractivity contribution is 5.86. The van der Waals surface area contributed by atoms with Gasteiger partial charge in [0.05, 0.1) is 18.6 Å². The number of anilines is 2. The van der Waals surface area contributed by atoms with Crippen molar-refractivity contribution in [2.75, 3.05) is 69.7 Å². The smallest absolute Gasteiger partial charge is 0.379 e. The molecule has 1 aromatic rings. The van der Waals surface area contributed by atoms with Crippen LogP contribution in [0.2, 0.25) is 0 Å². The zero-order valence-electron chi connectivity index (χ0n) is 16.1. The van der Waals surface area contributed by atoms with E-state index in [4.69, 9.17) is 10.5 Å². The van der Waals surface area contributed by atoms with Gasteiger partial charge in [0.15, 0.2) is 5.69 Å². The fourth-order valence-electron chi connectivity index (χ4n) is 4.40. The van der Waals surface area contributed by atoms with Gasteiger partial charge in [-0.1, -0.05) is 0 Å². The molecule has 0 aromatic carbocycles. The van der Waals surface area contributed by atoms with E-state index in [1.54, 1.807) is 4.90 Å². The standard InChI is InChI=1S/C18H25F3N6O2/c19-18(20,21)13-11-14(24-16(22)23-13)27-4-2-17(12-27)1-3-26(15(17)28)6-5-25-7-9-29-10-8-25/h11H,1-10,12H2,(H2,22,23,24). The lowest BCUT2D eigenvalue weighted by molar-refractivity contribution is -0.141. The summed E-state index contributed by atoms with van der Waals surface area (Å²) in [4.78, 5) is 26.2. The van der Waals surface area contributed by atoms with Crippen LogP contribution in [0.5, 0.6) is 0 Å². The number of ether oxygens (including phenoxy) is 1. The molecule has 3 aliphatic rings. The molecule has 3 saturated heterocycles. The molecule has 29 heavy (non-hydrogen) atoms. The molecule has 3 fully saturated rings. The van der Waals surface area contributed by atoms with E-state index in [0.29, 0.717) is 39.0 Å². The number of carbonyl (C=O) groups excluding carboxylic acids is 1. The second kappa shape index (κ2) is 7.60. The van der Waals surface area contributed by atoms with E-state index in [-0.39, 0.29) is 11.7 Å². The molecule has 0 radical (unpaired) electrons. The number of amides is 1. The van der Waals surface area contributed by atoms with Gasteiger partial charge in [0.25, 0.3) is 0 Å². The molecule has 160 valence electrons. The van der Waals surface area contributed by atoms with Gasteiger partial charge in [-0.25, -0.2) is 4.98 Å². The maximum Gasteiger partial charge on any atom is 0.433 e. The molecule has 0 saturated carbocycles. The van der Waals surface area contributed by atoms with Crippen LogP contribution in [-0.4, -0.2) is 84.7 Å². The van der Waals surface area contributed by atoms with Crippen molar-refractivity contribution in [1.29, 1.82) is 0 Å². The zero-order valence-corrected chi connectivity index (χ0v) is 16.1. The van der Waals surface area contributed by atoms with Crippen LogP contribution < -0.4 is 10.6 Å². The first-order valence-electron chi connectivity index (χ1n) is 9.83. The van der Waals surface area contributed by atoms with Gasteiger partial charge in [0.1, 0.15) is 5.82 Å². The van der Waals surface area contributed by atoms with Crippen LogP contribution in [0.3, 0.4) is 0 Å². The highest BCUT2D eigenvalue weighted by Crippen LogP contribution is 2.42. The molecule has 1 amide bonds. The molecule has 1 atom stereocenters. The number of hydrogen-bond acceptors (Lipinski definition) is 7. The highest BCUT2D eigenvalue weighted by atomic mass is 19.4. The molecule has 3 aliphatic heterocycles. The first-order valence-corrected chi connectivity index (χ1v) is 9.83. The molecule has 8 nitrogen and oxygen atoms in total. The number of nitrogens with two attached hydrogens (primary N) is 1. The van der Waals surface area contributed by atoms with Gasteiger partial charge in [0.2, 0.25) is 11.9 Å². The largest absolute Gasteiger partial charge is 0.433 e. The topological polar surface area (TPSA) is 87.8 Å². The predicted octanol–water partition coefficient (Wildman–Crippen LogP) is 0.839. The second-order valence-corrected chi connectivity index (χ2v) is 7.92. The van der Waals surface area contributed by atoms with E-state index < -0.39 is 23.2 Å². The van der Waals surface area contributed by atoms with Gasteiger partial charge in [-0.3, -0.25) is 9.69 Å². The summed E-state index contributed by atoms with van der Waals surface area (Å²) in [5.74, 6) is -0.201. The summed E-state index contributed by atoms with van der Waals surface area (Å²) in [6, 6.07) is 0.908. The van der Waals surface area contributed by atoms with E-state index in [1.165, 1.54) is 0 Å². The Bertz CT molecular complexity index is 770. The number of nitrogens with zero attached hydrogens (tertiary/aromatic N) is 5. The minimum Gasteiger partial charge on any atom is -0.379 e. The van der Waals surface area contributed by atoms with Crippen molar-refractivity contribution in [3.63, 3.8) is 0 Å². The lowest BCUT2D eigenvalue weighted by atomic mass is 9.85. The predicted molar refractivity (Wildman–Crippen MR) is 99.2 cm³/mol. The Hall–Kier alpha value is -2.14. The molecule has 2 N–H and O–H groups in total. The normalized spacial score (nSPS) is 26.1.